The van der Waals surface area contributed by atoms with Crippen LogP contribution in [0.5, 0.6) is 5.75 Å². The highest BCUT2D eigenvalue weighted by Crippen LogP contribution is 2.14. The third-order valence-electron chi connectivity index (χ3n) is 2.23. The van der Waals surface area contributed by atoms with Crippen molar-refractivity contribution in [2.45, 2.75) is 6.54 Å². The van der Waals surface area contributed by atoms with Crippen molar-refractivity contribution in [3.63, 3.8) is 0 Å². The van der Waals surface area contributed by atoms with Crippen LogP contribution in [0, 0.1) is 0 Å². The zero-order valence-corrected chi connectivity index (χ0v) is 10.1. The minimum atomic E-state index is 0.237. The predicted octanol–water partition coefficient (Wildman–Crippen LogP) is 2.75. The van der Waals surface area contributed by atoms with Gasteiger partial charge in [-0.15, -0.1) is 0 Å². The summed E-state index contributed by atoms with van der Waals surface area (Å²) in [5.74, 6) is 1.54. The lowest BCUT2D eigenvalue weighted by molar-refractivity contribution is 0.414. The Balaban J connectivity index is 2.02. The van der Waals surface area contributed by atoms with Gasteiger partial charge in [-0.3, -0.25) is 0 Å². The van der Waals surface area contributed by atoms with E-state index in [0.29, 0.717) is 12.4 Å². The minimum absolute atomic E-state index is 0.237. The van der Waals surface area contributed by atoms with Crippen LogP contribution in [0.15, 0.2) is 36.5 Å². The Hall–Kier alpha value is -1.81. The molecule has 0 amide bonds. The van der Waals surface area contributed by atoms with E-state index in [1.165, 1.54) is 0 Å². The van der Waals surface area contributed by atoms with E-state index >= 15 is 0 Å². The number of methoxy groups -OCH3 is 1. The number of benzene rings is 1. The molecule has 0 saturated carbocycles. The summed E-state index contributed by atoms with van der Waals surface area (Å²) >= 11 is 5.69. The Morgan fingerprint density at radius 2 is 2.24 bits per heavy atom. The van der Waals surface area contributed by atoms with Gasteiger partial charge in [-0.1, -0.05) is 12.1 Å². The number of halogens is 1. The SMILES string of the molecule is COc1cccc(CNc2ccnc(Cl)n2)c1. The average Bonchev–Trinajstić information content (AvgIpc) is 2.37. The van der Waals surface area contributed by atoms with Crippen LogP contribution in [0.3, 0.4) is 0 Å². The van der Waals surface area contributed by atoms with Crippen molar-refractivity contribution in [3.8, 4) is 5.75 Å². The summed E-state index contributed by atoms with van der Waals surface area (Å²) in [6.07, 6.45) is 1.61. The third-order valence-corrected chi connectivity index (χ3v) is 2.42. The molecule has 0 fully saturated rings. The van der Waals surface area contributed by atoms with Crippen LogP contribution in [-0.2, 0) is 6.54 Å². The fourth-order valence-corrected chi connectivity index (χ4v) is 1.56. The normalized spacial score (nSPS) is 10.0. The molecule has 2 aromatic rings. The fraction of sp³-hybridized carbons (Fsp3) is 0.167. The molecule has 0 saturated heterocycles. The van der Waals surface area contributed by atoms with Crippen LogP contribution >= 0.6 is 11.6 Å². The first-order valence-electron chi connectivity index (χ1n) is 5.13. The smallest absolute Gasteiger partial charge is 0.224 e. The summed E-state index contributed by atoms with van der Waals surface area (Å²) < 4.78 is 5.15. The quantitative estimate of drug-likeness (QED) is 0.847. The van der Waals surface area contributed by atoms with E-state index in [-0.39, 0.29) is 5.28 Å². The van der Waals surface area contributed by atoms with Crippen molar-refractivity contribution in [1.29, 1.82) is 0 Å². The summed E-state index contributed by atoms with van der Waals surface area (Å²) in [6, 6.07) is 9.61. The Morgan fingerprint density at radius 1 is 1.35 bits per heavy atom. The Morgan fingerprint density at radius 3 is 3.00 bits per heavy atom. The first kappa shape index (κ1) is 11.7. The van der Waals surface area contributed by atoms with Crippen LogP contribution < -0.4 is 10.1 Å². The second kappa shape index (κ2) is 5.50. The number of rotatable bonds is 4. The number of ether oxygens (including phenoxy) is 1. The van der Waals surface area contributed by atoms with E-state index < -0.39 is 0 Å². The van der Waals surface area contributed by atoms with E-state index in [9.17, 15) is 0 Å². The van der Waals surface area contributed by atoms with Gasteiger partial charge in [0.25, 0.3) is 0 Å². The predicted molar refractivity (Wildman–Crippen MR) is 67.4 cm³/mol. The largest absolute Gasteiger partial charge is 0.497 e. The van der Waals surface area contributed by atoms with Gasteiger partial charge in [0, 0.05) is 12.7 Å². The molecule has 5 heteroatoms. The molecule has 0 aliphatic heterocycles. The maximum absolute atomic E-state index is 5.69. The van der Waals surface area contributed by atoms with Gasteiger partial charge in [0.15, 0.2) is 0 Å². The molecule has 17 heavy (non-hydrogen) atoms. The van der Waals surface area contributed by atoms with Crippen LogP contribution in [0.4, 0.5) is 5.82 Å². The number of anilines is 1. The fourth-order valence-electron chi connectivity index (χ4n) is 1.41. The summed E-state index contributed by atoms with van der Waals surface area (Å²) in [6.45, 7) is 0.657. The molecule has 0 aliphatic carbocycles. The molecule has 88 valence electrons. The topological polar surface area (TPSA) is 47.0 Å². The molecule has 1 N–H and O–H groups in total. The molecule has 0 bridgehead atoms. The van der Waals surface area contributed by atoms with Gasteiger partial charge in [0.2, 0.25) is 5.28 Å². The Labute approximate surface area is 105 Å². The van der Waals surface area contributed by atoms with E-state index in [0.717, 1.165) is 11.3 Å². The number of aromatic nitrogens is 2. The highest BCUT2D eigenvalue weighted by Gasteiger charge is 1.98. The molecule has 1 heterocycles. The van der Waals surface area contributed by atoms with Gasteiger partial charge in [0.05, 0.1) is 7.11 Å². The lowest BCUT2D eigenvalue weighted by Crippen LogP contribution is -2.01. The van der Waals surface area contributed by atoms with Gasteiger partial charge < -0.3 is 10.1 Å². The second-order valence-corrected chi connectivity index (χ2v) is 3.75. The lowest BCUT2D eigenvalue weighted by Gasteiger charge is -2.07. The van der Waals surface area contributed by atoms with Gasteiger partial charge in [-0.25, -0.2) is 9.97 Å². The highest BCUT2D eigenvalue weighted by atomic mass is 35.5. The van der Waals surface area contributed by atoms with Crippen LogP contribution in [0.2, 0.25) is 5.28 Å². The second-order valence-electron chi connectivity index (χ2n) is 3.42. The molecule has 0 aliphatic rings. The zero-order valence-electron chi connectivity index (χ0n) is 9.35. The first-order chi connectivity index (χ1) is 8.28. The van der Waals surface area contributed by atoms with Crippen LogP contribution in [0.25, 0.3) is 0 Å². The third kappa shape index (κ3) is 3.32. The molecule has 2 rings (SSSR count). The van der Waals surface area contributed by atoms with Crippen molar-refractivity contribution < 1.29 is 4.74 Å². The van der Waals surface area contributed by atoms with Crippen molar-refractivity contribution in [1.82, 2.24) is 9.97 Å². The Bertz CT molecular complexity index is 505. The molecule has 0 unspecified atom stereocenters. The average molecular weight is 250 g/mol. The number of hydrogen-bond donors (Lipinski definition) is 1. The summed E-state index contributed by atoms with van der Waals surface area (Å²) in [5, 5.41) is 3.40. The highest BCUT2D eigenvalue weighted by molar-refractivity contribution is 6.28. The number of nitrogens with one attached hydrogen (secondary N) is 1. The molecule has 1 aromatic heterocycles. The van der Waals surface area contributed by atoms with Crippen LogP contribution in [0.1, 0.15) is 5.56 Å². The van der Waals surface area contributed by atoms with E-state index in [4.69, 9.17) is 16.3 Å². The summed E-state index contributed by atoms with van der Waals surface area (Å²) in [4.78, 5) is 7.86. The maximum atomic E-state index is 5.69. The zero-order chi connectivity index (χ0) is 12.1. The number of hydrogen-bond acceptors (Lipinski definition) is 4. The van der Waals surface area contributed by atoms with Crippen molar-refractivity contribution in [2.75, 3.05) is 12.4 Å². The van der Waals surface area contributed by atoms with Crippen molar-refractivity contribution >= 4 is 17.4 Å². The maximum Gasteiger partial charge on any atom is 0.224 e. The monoisotopic (exact) mass is 249 g/mol. The molecule has 4 nitrogen and oxygen atoms in total. The molecular formula is C12H12ClN3O. The molecule has 0 spiro atoms. The Kier molecular flexibility index (Phi) is 3.77. The molecular weight excluding hydrogens is 238 g/mol. The van der Waals surface area contributed by atoms with E-state index in [2.05, 4.69) is 15.3 Å². The van der Waals surface area contributed by atoms with Gasteiger partial charge >= 0.3 is 0 Å². The van der Waals surface area contributed by atoms with E-state index in [1.54, 1.807) is 19.4 Å². The first-order valence-corrected chi connectivity index (χ1v) is 5.51. The molecule has 1 aromatic carbocycles. The van der Waals surface area contributed by atoms with E-state index in [1.807, 2.05) is 24.3 Å². The van der Waals surface area contributed by atoms with Gasteiger partial charge in [0.1, 0.15) is 11.6 Å². The van der Waals surface area contributed by atoms with Crippen LogP contribution in [-0.4, -0.2) is 17.1 Å². The molecule has 0 atom stereocenters. The standard InChI is InChI=1S/C12H12ClN3O/c1-17-10-4-2-3-9(7-10)8-15-11-5-6-14-12(13)16-11/h2-7H,8H2,1H3,(H,14,15,16). The van der Waals surface area contributed by atoms with Crippen molar-refractivity contribution in [3.05, 3.63) is 47.4 Å². The minimum Gasteiger partial charge on any atom is -0.497 e. The van der Waals surface area contributed by atoms with Gasteiger partial charge in [-0.05, 0) is 35.4 Å². The summed E-state index contributed by atoms with van der Waals surface area (Å²) in [7, 11) is 1.65. The number of nitrogens with zero attached hydrogens (tertiary/aromatic N) is 2. The summed E-state index contributed by atoms with van der Waals surface area (Å²) in [5.41, 5.74) is 1.11. The molecule has 0 radical (unpaired) electrons. The van der Waals surface area contributed by atoms with Crippen molar-refractivity contribution in [2.24, 2.45) is 0 Å². The lowest BCUT2D eigenvalue weighted by atomic mass is 10.2. The van der Waals surface area contributed by atoms with Gasteiger partial charge in [-0.2, -0.15) is 0 Å².